The van der Waals surface area contributed by atoms with Crippen LogP contribution < -0.4 is 10.6 Å². The smallest absolute Gasteiger partial charge is 0.421 e. The first-order valence-electron chi connectivity index (χ1n) is 7.49. The van der Waals surface area contributed by atoms with Crippen LogP contribution in [0.2, 0.25) is 0 Å². The topological polar surface area (TPSA) is 72.6 Å². The van der Waals surface area contributed by atoms with E-state index in [1.807, 2.05) is 19.9 Å². The molecule has 0 saturated heterocycles. The van der Waals surface area contributed by atoms with Crippen molar-refractivity contribution in [2.24, 2.45) is 11.7 Å². The average Bonchev–Trinajstić information content (AvgIpc) is 2.37. The Bertz CT molecular complexity index is 506. The van der Waals surface area contributed by atoms with E-state index in [1.165, 1.54) is 0 Å². The lowest BCUT2D eigenvalue weighted by Crippen LogP contribution is -2.49. The number of ether oxygens (including phenoxy) is 1. The molecule has 0 aliphatic carbocycles. The van der Waals surface area contributed by atoms with Crippen molar-refractivity contribution in [3.8, 4) is 0 Å². The highest BCUT2D eigenvalue weighted by atomic mass is 16.6. The van der Waals surface area contributed by atoms with Crippen LogP contribution in [-0.4, -0.2) is 23.6 Å². The maximum Gasteiger partial charge on any atom is 0.421 e. The van der Waals surface area contributed by atoms with Gasteiger partial charge in [0.25, 0.3) is 5.91 Å². The molecule has 0 spiro atoms. The summed E-state index contributed by atoms with van der Waals surface area (Å²) in [6.45, 7) is 9.23. The summed E-state index contributed by atoms with van der Waals surface area (Å²) in [5.41, 5.74) is 5.73. The zero-order chi connectivity index (χ0) is 16.9. The molecule has 5 nitrogen and oxygen atoms in total. The van der Waals surface area contributed by atoms with E-state index in [0.717, 1.165) is 4.90 Å². The lowest BCUT2D eigenvalue weighted by atomic mass is 10.0. The number of hydrogen-bond donors (Lipinski definition) is 1. The van der Waals surface area contributed by atoms with E-state index in [0.29, 0.717) is 12.1 Å². The highest BCUT2D eigenvalue weighted by Crippen LogP contribution is 2.20. The Hall–Kier alpha value is -1.88. The van der Waals surface area contributed by atoms with E-state index >= 15 is 0 Å². The van der Waals surface area contributed by atoms with Gasteiger partial charge in [-0.3, -0.25) is 4.79 Å². The van der Waals surface area contributed by atoms with Gasteiger partial charge in [0.2, 0.25) is 0 Å². The fourth-order valence-corrected chi connectivity index (χ4v) is 1.98. The van der Waals surface area contributed by atoms with Crippen molar-refractivity contribution < 1.29 is 14.3 Å². The highest BCUT2D eigenvalue weighted by Gasteiger charge is 2.32. The first-order valence-corrected chi connectivity index (χ1v) is 7.49. The molecular weight excluding hydrogens is 280 g/mol. The van der Waals surface area contributed by atoms with E-state index in [-0.39, 0.29) is 5.92 Å². The molecule has 1 rings (SSSR count). The number of imide groups is 1. The van der Waals surface area contributed by atoms with Gasteiger partial charge in [0.05, 0.1) is 11.7 Å². The number of hydrogen-bond acceptors (Lipinski definition) is 4. The van der Waals surface area contributed by atoms with Crippen molar-refractivity contribution in [3.63, 3.8) is 0 Å². The molecule has 1 aromatic rings. The van der Waals surface area contributed by atoms with E-state index < -0.39 is 23.6 Å². The Morgan fingerprint density at radius 3 is 2.18 bits per heavy atom. The van der Waals surface area contributed by atoms with Gasteiger partial charge in [-0.1, -0.05) is 32.0 Å². The number of rotatable bonds is 4. The van der Waals surface area contributed by atoms with Crippen LogP contribution >= 0.6 is 0 Å². The molecule has 0 heterocycles. The molecule has 2 amide bonds. The minimum Gasteiger partial charge on any atom is -0.443 e. The molecule has 122 valence electrons. The Kier molecular flexibility index (Phi) is 6.11. The van der Waals surface area contributed by atoms with Crippen LogP contribution in [0.4, 0.5) is 10.5 Å². The summed E-state index contributed by atoms with van der Waals surface area (Å²) in [7, 11) is 0. The van der Waals surface area contributed by atoms with Gasteiger partial charge < -0.3 is 10.5 Å². The number of carbonyl (C=O) groups is 2. The van der Waals surface area contributed by atoms with Crippen molar-refractivity contribution in [2.45, 2.75) is 52.7 Å². The van der Waals surface area contributed by atoms with Gasteiger partial charge >= 0.3 is 6.09 Å². The largest absolute Gasteiger partial charge is 0.443 e. The summed E-state index contributed by atoms with van der Waals surface area (Å²) < 4.78 is 5.34. The second-order valence-electron chi connectivity index (χ2n) is 6.73. The molecule has 0 radical (unpaired) electrons. The van der Waals surface area contributed by atoms with Gasteiger partial charge in [-0.25, -0.2) is 9.69 Å². The maximum absolute atomic E-state index is 12.6. The lowest BCUT2D eigenvalue weighted by molar-refractivity contribution is -0.119. The first-order chi connectivity index (χ1) is 10.1. The Balaban J connectivity index is 3.07. The van der Waals surface area contributed by atoms with Gasteiger partial charge in [0.15, 0.2) is 0 Å². The third kappa shape index (κ3) is 5.48. The van der Waals surface area contributed by atoms with Crippen molar-refractivity contribution in [3.05, 3.63) is 30.3 Å². The van der Waals surface area contributed by atoms with Gasteiger partial charge in [-0.05, 0) is 45.2 Å². The summed E-state index contributed by atoms with van der Waals surface area (Å²) in [5, 5.41) is 0. The number of nitrogens with two attached hydrogens (primary N) is 1. The zero-order valence-electron chi connectivity index (χ0n) is 14.0. The highest BCUT2D eigenvalue weighted by molar-refractivity contribution is 6.14. The standard InChI is InChI=1S/C17H26N2O3/c1-12(2)11-14(18)15(20)19(13-9-7-6-8-10-13)16(21)22-17(3,4)5/h6-10,12,14H,11,18H2,1-5H3/t14-/m0/s1. The summed E-state index contributed by atoms with van der Waals surface area (Å²) in [5.74, 6) is -0.190. The molecular formula is C17H26N2O3. The Labute approximate surface area is 132 Å². The second kappa shape index (κ2) is 7.40. The van der Waals surface area contributed by atoms with Gasteiger partial charge in [0.1, 0.15) is 5.60 Å². The van der Waals surface area contributed by atoms with Crippen molar-refractivity contribution >= 4 is 17.7 Å². The van der Waals surface area contributed by atoms with Crippen molar-refractivity contribution in [2.75, 3.05) is 4.90 Å². The quantitative estimate of drug-likeness (QED) is 0.926. The van der Waals surface area contributed by atoms with Crippen LogP contribution in [-0.2, 0) is 9.53 Å². The van der Waals surface area contributed by atoms with E-state index in [1.54, 1.807) is 45.0 Å². The molecule has 2 N–H and O–H groups in total. The average molecular weight is 306 g/mol. The van der Waals surface area contributed by atoms with Gasteiger partial charge in [-0.15, -0.1) is 0 Å². The minimum atomic E-state index is -0.743. The van der Waals surface area contributed by atoms with E-state index in [9.17, 15) is 9.59 Å². The molecule has 5 heteroatoms. The van der Waals surface area contributed by atoms with Crippen LogP contribution in [0.25, 0.3) is 0 Å². The van der Waals surface area contributed by atoms with E-state index in [4.69, 9.17) is 10.5 Å². The van der Waals surface area contributed by atoms with Crippen LogP contribution in [0, 0.1) is 5.92 Å². The number of benzene rings is 1. The van der Waals surface area contributed by atoms with E-state index in [2.05, 4.69) is 0 Å². The Morgan fingerprint density at radius 2 is 1.73 bits per heavy atom. The summed E-state index contributed by atoms with van der Waals surface area (Å²) >= 11 is 0. The molecule has 1 aromatic carbocycles. The van der Waals surface area contributed by atoms with Crippen LogP contribution in [0.15, 0.2) is 30.3 Å². The number of anilines is 1. The third-order valence-corrected chi connectivity index (χ3v) is 2.85. The predicted molar refractivity (Wildman–Crippen MR) is 87.6 cm³/mol. The minimum absolute atomic E-state index is 0.259. The summed E-state index contributed by atoms with van der Waals surface area (Å²) in [6.07, 6.45) is -0.201. The fourth-order valence-electron chi connectivity index (χ4n) is 1.98. The third-order valence-electron chi connectivity index (χ3n) is 2.85. The monoisotopic (exact) mass is 306 g/mol. The maximum atomic E-state index is 12.6. The molecule has 22 heavy (non-hydrogen) atoms. The van der Waals surface area contributed by atoms with Crippen molar-refractivity contribution in [1.82, 2.24) is 0 Å². The zero-order valence-corrected chi connectivity index (χ0v) is 14.0. The molecule has 0 bridgehead atoms. The lowest BCUT2D eigenvalue weighted by Gasteiger charge is -2.28. The molecule has 0 fully saturated rings. The first kappa shape index (κ1) is 18.2. The summed E-state index contributed by atoms with van der Waals surface area (Å²) in [4.78, 5) is 26.1. The summed E-state index contributed by atoms with van der Waals surface area (Å²) in [6, 6.07) is 7.96. The SMILES string of the molecule is CC(C)C[C@H](N)C(=O)N(C(=O)OC(C)(C)C)c1ccccc1. The molecule has 0 saturated carbocycles. The van der Waals surface area contributed by atoms with Gasteiger partial charge in [-0.2, -0.15) is 0 Å². The van der Waals surface area contributed by atoms with Crippen LogP contribution in [0.1, 0.15) is 41.0 Å². The van der Waals surface area contributed by atoms with Crippen LogP contribution in [0.3, 0.4) is 0 Å². The molecule has 0 aromatic heterocycles. The van der Waals surface area contributed by atoms with Crippen LogP contribution in [0.5, 0.6) is 0 Å². The Morgan fingerprint density at radius 1 is 1.18 bits per heavy atom. The number of carbonyl (C=O) groups excluding carboxylic acids is 2. The number of amides is 2. The predicted octanol–water partition coefficient (Wildman–Crippen LogP) is 3.33. The molecule has 0 aliphatic heterocycles. The van der Waals surface area contributed by atoms with Gasteiger partial charge in [0, 0.05) is 0 Å². The second-order valence-corrected chi connectivity index (χ2v) is 6.73. The fraction of sp³-hybridized carbons (Fsp3) is 0.529. The van der Waals surface area contributed by atoms with Crippen molar-refractivity contribution in [1.29, 1.82) is 0 Å². The molecule has 0 unspecified atom stereocenters. The number of para-hydroxylation sites is 1. The number of nitrogens with zero attached hydrogens (tertiary/aromatic N) is 1. The molecule has 1 atom stereocenters. The normalized spacial score (nSPS) is 12.9. The molecule has 0 aliphatic rings.